The van der Waals surface area contributed by atoms with E-state index in [0.29, 0.717) is 12.2 Å². The monoisotopic (exact) mass is 380 g/mol. The highest BCUT2D eigenvalue weighted by atomic mass is 16.5. The molecule has 2 rings (SSSR count). The molecule has 2 nitrogen and oxygen atoms in total. The number of rotatable bonds is 14. The molecule has 152 valence electrons. The smallest absolute Gasteiger partial charge is 0.338 e. The lowest BCUT2D eigenvalue weighted by atomic mass is 10.0. The quantitative estimate of drug-likeness (QED) is 0.247. The van der Waals surface area contributed by atoms with Crippen LogP contribution in [-0.2, 0) is 4.74 Å². The molecular weight excluding hydrogens is 344 g/mol. The van der Waals surface area contributed by atoms with Crippen molar-refractivity contribution in [2.24, 2.45) is 0 Å². The maximum Gasteiger partial charge on any atom is 0.338 e. The molecule has 2 aromatic carbocycles. The van der Waals surface area contributed by atoms with Crippen LogP contribution in [-0.4, -0.2) is 12.6 Å². The number of unbranched alkanes of at least 4 members (excludes halogenated alkanes) is 10. The lowest BCUT2D eigenvalue weighted by Crippen LogP contribution is -2.06. The minimum Gasteiger partial charge on any atom is -0.462 e. The predicted molar refractivity (Wildman–Crippen MR) is 119 cm³/mol. The first-order chi connectivity index (χ1) is 13.8. The highest BCUT2D eigenvalue weighted by molar-refractivity contribution is 5.90. The van der Waals surface area contributed by atoms with Gasteiger partial charge in [0.1, 0.15) is 0 Å². The van der Waals surface area contributed by atoms with Gasteiger partial charge >= 0.3 is 5.97 Å². The van der Waals surface area contributed by atoms with Gasteiger partial charge in [0.15, 0.2) is 0 Å². The second-order valence-corrected chi connectivity index (χ2v) is 7.61. The Labute approximate surface area is 171 Å². The van der Waals surface area contributed by atoms with Crippen molar-refractivity contribution in [2.45, 2.75) is 77.6 Å². The number of esters is 1. The van der Waals surface area contributed by atoms with Crippen molar-refractivity contribution >= 4 is 5.97 Å². The summed E-state index contributed by atoms with van der Waals surface area (Å²) in [5.41, 5.74) is 2.90. The largest absolute Gasteiger partial charge is 0.462 e. The third-order valence-corrected chi connectivity index (χ3v) is 5.21. The van der Waals surface area contributed by atoms with Crippen LogP contribution in [0.25, 0.3) is 11.1 Å². The molecule has 0 radical (unpaired) electrons. The second-order valence-electron chi connectivity index (χ2n) is 7.61. The van der Waals surface area contributed by atoms with Gasteiger partial charge in [0.2, 0.25) is 0 Å². The molecule has 0 aliphatic heterocycles. The Morgan fingerprint density at radius 1 is 0.643 bits per heavy atom. The number of carbonyl (C=O) groups is 1. The normalized spacial score (nSPS) is 10.8. The maximum absolute atomic E-state index is 12.2. The van der Waals surface area contributed by atoms with Gasteiger partial charge in [0.05, 0.1) is 12.2 Å². The fourth-order valence-electron chi connectivity index (χ4n) is 3.44. The lowest BCUT2D eigenvalue weighted by molar-refractivity contribution is 0.0497. The molecule has 0 atom stereocenters. The van der Waals surface area contributed by atoms with Crippen LogP contribution in [0.5, 0.6) is 0 Å². The fourth-order valence-corrected chi connectivity index (χ4v) is 3.44. The molecule has 0 amide bonds. The van der Waals surface area contributed by atoms with Crippen LogP contribution in [0.3, 0.4) is 0 Å². The Morgan fingerprint density at radius 3 is 1.71 bits per heavy atom. The van der Waals surface area contributed by atoms with Crippen molar-refractivity contribution in [1.82, 2.24) is 0 Å². The molecule has 0 saturated carbocycles. The van der Waals surface area contributed by atoms with E-state index in [1.165, 1.54) is 57.8 Å². The minimum atomic E-state index is -0.216. The third-order valence-electron chi connectivity index (χ3n) is 5.21. The number of ether oxygens (including phenoxy) is 1. The number of carbonyl (C=O) groups excluding carboxylic acids is 1. The van der Waals surface area contributed by atoms with Crippen LogP contribution in [0.4, 0.5) is 0 Å². The predicted octanol–water partition coefficient (Wildman–Crippen LogP) is 7.82. The summed E-state index contributed by atoms with van der Waals surface area (Å²) in [6, 6.07) is 17.8. The fraction of sp³-hybridized carbons (Fsp3) is 0.500. The van der Waals surface area contributed by atoms with Crippen LogP contribution >= 0.6 is 0 Å². The van der Waals surface area contributed by atoms with E-state index >= 15 is 0 Å². The van der Waals surface area contributed by atoms with Gasteiger partial charge in [-0.1, -0.05) is 114 Å². The summed E-state index contributed by atoms with van der Waals surface area (Å²) < 4.78 is 5.42. The highest BCUT2D eigenvalue weighted by Crippen LogP contribution is 2.19. The first-order valence-electron chi connectivity index (χ1n) is 11.1. The summed E-state index contributed by atoms with van der Waals surface area (Å²) >= 11 is 0. The molecule has 28 heavy (non-hydrogen) atoms. The summed E-state index contributed by atoms with van der Waals surface area (Å²) in [7, 11) is 0. The van der Waals surface area contributed by atoms with Crippen LogP contribution < -0.4 is 0 Å². The second kappa shape index (κ2) is 14.0. The van der Waals surface area contributed by atoms with Crippen molar-refractivity contribution in [3.63, 3.8) is 0 Å². The first kappa shape index (κ1) is 22.2. The van der Waals surface area contributed by atoms with Gasteiger partial charge in [-0.15, -0.1) is 0 Å². The highest BCUT2D eigenvalue weighted by Gasteiger charge is 2.07. The number of hydrogen-bond acceptors (Lipinski definition) is 2. The molecule has 0 aliphatic rings. The molecule has 0 heterocycles. The molecule has 0 spiro atoms. The van der Waals surface area contributed by atoms with E-state index in [1.54, 1.807) is 0 Å². The van der Waals surface area contributed by atoms with E-state index in [1.807, 2.05) is 42.5 Å². The first-order valence-corrected chi connectivity index (χ1v) is 11.1. The average Bonchev–Trinajstić information content (AvgIpc) is 2.75. The van der Waals surface area contributed by atoms with Crippen LogP contribution in [0.1, 0.15) is 87.9 Å². The zero-order chi connectivity index (χ0) is 19.9. The molecule has 2 aromatic rings. The van der Waals surface area contributed by atoms with E-state index in [-0.39, 0.29) is 5.97 Å². The van der Waals surface area contributed by atoms with Crippen molar-refractivity contribution in [3.05, 3.63) is 60.2 Å². The maximum atomic E-state index is 12.2. The van der Waals surface area contributed by atoms with Gasteiger partial charge in [-0.2, -0.15) is 0 Å². The molecule has 0 aliphatic carbocycles. The van der Waals surface area contributed by atoms with Crippen LogP contribution in [0.2, 0.25) is 0 Å². The van der Waals surface area contributed by atoms with Gasteiger partial charge in [0, 0.05) is 0 Å². The molecule has 0 N–H and O–H groups in total. The van der Waals surface area contributed by atoms with E-state index in [9.17, 15) is 4.79 Å². The Morgan fingerprint density at radius 2 is 1.14 bits per heavy atom. The van der Waals surface area contributed by atoms with Gasteiger partial charge in [0.25, 0.3) is 0 Å². The SMILES string of the molecule is CCCCCCCCCCCCCOC(=O)c1ccc(-c2ccccc2)cc1. The standard InChI is InChI=1S/C26H36O2/c1-2-3-4-5-6-7-8-9-10-11-15-22-28-26(27)25-20-18-24(19-21-25)23-16-13-12-14-17-23/h12-14,16-21H,2-11,15,22H2,1H3. The van der Waals surface area contributed by atoms with Gasteiger partial charge in [-0.05, 0) is 29.7 Å². The van der Waals surface area contributed by atoms with Gasteiger partial charge in [-0.3, -0.25) is 0 Å². The summed E-state index contributed by atoms with van der Waals surface area (Å²) in [5.74, 6) is -0.216. The lowest BCUT2D eigenvalue weighted by Gasteiger charge is -2.06. The Kier molecular flexibility index (Phi) is 11.1. The molecule has 0 bridgehead atoms. The Balaban J connectivity index is 1.52. The minimum absolute atomic E-state index is 0.216. The van der Waals surface area contributed by atoms with E-state index in [2.05, 4.69) is 19.1 Å². The van der Waals surface area contributed by atoms with Crippen molar-refractivity contribution in [3.8, 4) is 11.1 Å². The molecule has 0 aromatic heterocycles. The van der Waals surface area contributed by atoms with Crippen molar-refractivity contribution in [2.75, 3.05) is 6.61 Å². The van der Waals surface area contributed by atoms with Crippen LogP contribution in [0.15, 0.2) is 54.6 Å². The zero-order valence-electron chi connectivity index (χ0n) is 17.5. The molecule has 2 heteroatoms. The average molecular weight is 381 g/mol. The van der Waals surface area contributed by atoms with Gasteiger partial charge in [-0.25, -0.2) is 4.79 Å². The van der Waals surface area contributed by atoms with E-state index in [4.69, 9.17) is 4.74 Å². The molecular formula is C26H36O2. The van der Waals surface area contributed by atoms with Crippen molar-refractivity contribution in [1.29, 1.82) is 0 Å². The summed E-state index contributed by atoms with van der Waals surface area (Å²) in [4.78, 5) is 12.2. The van der Waals surface area contributed by atoms with Crippen molar-refractivity contribution < 1.29 is 9.53 Å². The van der Waals surface area contributed by atoms with E-state index in [0.717, 1.165) is 24.0 Å². The van der Waals surface area contributed by atoms with E-state index < -0.39 is 0 Å². The molecule has 0 unspecified atom stereocenters. The van der Waals surface area contributed by atoms with Crippen LogP contribution in [0, 0.1) is 0 Å². The Bertz CT molecular complexity index is 646. The summed E-state index contributed by atoms with van der Waals surface area (Å²) in [6.07, 6.45) is 14.3. The topological polar surface area (TPSA) is 26.3 Å². The Hall–Kier alpha value is -2.09. The zero-order valence-corrected chi connectivity index (χ0v) is 17.5. The molecule has 0 fully saturated rings. The number of benzene rings is 2. The summed E-state index contributed by atoms with van der Waals surface area (Å²) in [6.45, 7) is 2.79. The third kappa shape index (κ3) is 8.73. The number of hydrogen-bond donors (Lipinski definition) is 0. The summed E-state index contributed by atoms with van der Waals surface area (Å²) in [5, 5.41) is 0. The van der Waals surface area contributed by atoms with Gasteiger partial charge < -0.3 is 4.74 Å². The molecule has 0 saturated heterocycles.